The van der Waals surface area contributed by atoms with Gasteiger partial charge < -0.3 is 5.32 Å². The molecule has 1 saturated carbocycles. The topological polar surface area (TPSA) is 58.2 Å². The first kappa shape index (κ1) is 11.4. The average Bonchev–Trinajstić information content (AvgIpc) is 2.17. The highest BCUT2D eigenvalue weighted by Crippen LogP contribution is 2.27. The molecule has 0 aromatic carbocycles. The van der Waals surface area contributed by atoms with Gasteiger partial charge in [0.05, 0.1) is 5.25 Å². The number of piperidine rings is 1. The van der Waals surface area contributed by atoms with Gasteiger partial charge in [0.1, 0.15) is 0 Å². The van der Waals surface area contributed by atoms with Crippen LogP contribution in [0.3, 0.4) is 0 Å². The van der Waals surface area contributed by atoms with Crippen molar-refractivity contribution in [3.8, 4) is 0 Å². The highest BCUT2D eigenvalue weighted by Gasteiger charge is 2.33. The zero-order chi connectivity index (χ0) is 10.9. The van der Waals surface area contributed by atoms with Crippen molar-refractivity contribution < 1.29 is 8.42 Å². The van der Waals surface area contributed by atoms with Gasteiger partial charge in [-0.05, 0) is 38.1 Å². The molecule has 0 aromatic rings. The van der Waals surface area contributed by atoms with Crippen molar-refractivity contribution >= 4 is 10.0 Å². The third kappa shape index (κ3) is 2.71. The van der Waals surface area contributed by atoms with Crippen LogP contribution in [0, 0.1) is 5.92 Å². The van der Waals surface area contributed by atoms with Crippen LogP contribution in [0.25, 0.3) is 0 Å². The van der Waals surface area contributed by atoms with Gasteiger partial charge in [0.25, 0.3) is 0 Å². The zero-order valence-electron chi connectivity index (χ0n) is 9.20. The Bertz CT molecular complexity index is 303. The molecule has 4 nitrogen and oxygen atoms in total. The fraction of sp³-hybridized carbons (Fsp3) is 1.00. The number of hydrogen-bond acceptors (Lipinski definition) is 3. The molecule has 1 saturated heterocycles. The molecule has 2 aliphatic rings. The van der Waals surface area contributed by atoms with Crippen molar-refractivity contribution in [2.24, 2.45) is 5.92 Å². The van der Waals surface area contributed by atoms with Crippen LogP contribution in [0.1, 0.15) is 32.6 Å². The van der Waals surface area contributed by atoms with Crippen molar-refractivity contribution in [3.63, 3.8) is 0 Å². The van der Waals surface area contributed by atoms with Crippen molar-refractivity contribution in [2.45, 2.75) is 43.9 Å². The van der Waals surface area contributed by atoms with Crippen LogP contribution in [0.4, 0.5) is 0 Å². The third-order valence-corrected chi connectivity index (χ3v) is 5.34. The van der Waals surface area contributed by atoms with E-state index in [1.54, 1.807) is 0 Å². The normalized spacial score (nSPS) is 37.3. The molecule has 2 rings (SSSR count). The quantitative estimate of drug-likeness (QED) is 0.743. The Kier molecular flexibility index (Phi) is 3.33. The molecule has 2 fully saturated rings. The van der Waals surface area contributed by atoms with E-state index in [0.717, 1.165) is 32.2 Å². The first-order chi connectivity index (χ1) is 7.08. The summed E-state index contributed by atoms with van der Waals surface area (Å²) in [6.45, 7) is 3.72. The molecule has 1 aliphatic heterocycles. The van der Waals surface area contributed by atoms with Gasteiger partial charge in [-0.2, -0.15) is 0 Å². The summed E-state index contributed by atoms with van der Waals surface area (Å²) in [5, 5.41) is 2.92. The van der Waals surface area contributed by atoms with E-state index < -0.39 is 10.0 Å². The van der Waals surface area contributed by atoms with E-state index in [9.17, 15) is 8.42 Å². The van der Waals surface area contributed by atoms with Gasteiger partial charge in [-0.25, -0.2) is 13.1 Å². The third-order valence-electron chi connectivity index (χ3n) is 3.40. The van der Waals surface area contributed by atoms with E-state index in [2.05, 4.69) is 17.0 Å². The molecule has 15 heavy (non-hydrogen) atoms. The minimum Gasteiger partial charge on any atom is -0.315 e. The lowest BCUT2D eigenvalue weighted by atomic mass is 9.83. The van der Waals surface area contributed by atoms with Crippen LogP contribution in [0.15, 0.2) is 0 Å². The first-order valence-corrected chi connectivity index (χ1v) is 7.34. The minimum absolute atomic E-state index is 0.201. The van der Waals surface area contributed by atoms with Gasteiger partial charge in [0.2, 0.25) is 10.0 Å². The molecule has 2 N–H and O–H groups in total. The summed E-state index contributed by atoms with van der Waals surface area (Å²) in [6.07, 6.45) is 3.76. The van der Waals surface area contributed by atoms with Gasteiger partial charge in [0.15, 0.2) is 0 Å². The van der Waals surface area contributed by atoms with Gasteiger partial charge in [0, 0.05) is 12.6 Å². The largest absolute Gasteiger partial charge is 0.315 e. The van der Waals surface area contributed by atoms with E-state index in [1.807, 2.05) is 0 Å². The van der Waals surface area contributed by atoms with Gasteiger partial charge >= 0.3 is 0 Å². The summed E-state index contributed by atoms with van der Waals surface area (Å²) in [4.78, 5) is 0. The van der Waals surface area contributed by atoms with Crippen LogP contribution in [-0.2, 0) is 10.0 Å². The maximum atomic E-state index is 11.9. The second kappa shape index (κ2) is 4.39. The summed E-state index contributed by atoms with van der Waals surface area (Å²) in [5.41, 5.74) is 0. The standard InChI is InChI=1S/C10H20N2O2S/c1-8-5-9(6-8)12-15(13,14)10-3-2-4-11-7-10/h8-12H,2-7H2,1H3. The molecule has 1 aliphatic carbocycles. The molecule has 1 heterocycles. The van der Waals surface area contributed by atoms with Crippen molar-refractivity contribution in [1.29, 1.82) is 0 Å². The molecule has 1 atom stereocenters. The molecule has 0 radical (unpaired) electrons. The fourth-order valence-electron chi connectivity index (χ4n) is 2.41. The van der Waals surface area contributed by atoms with Crippen LogP contribution >= 0.6 is 0 Å². The molecular weight excluding hydrogens is 212 g/mol. The van der Waals surface area contributed by atoms with E-state index in [-0.39, 0.29) is 11.3 Å². The van der Waals surface area contributed by atoms with Gasteiger partial charge in [-0.15, -0.1) is 0 Å². The van der Waals surface area contributed by atoms with E-state index >= 15 is 0 Å². The highest BCUT2D eigenvalue weighted by atomic mass is 32.2. The smallest absolute Gasteiger partial charge is 0.215 e. The van der Waals surface area contributed by atoms with Crippen molar-refractivity contribution in [3.05, 3.63) is 0 Å². The van der Waals surface area contributed by atoms with Crippen LogP contribution in [0.5, 0.6) is 0 Å². The molecule has 0 amide bonds. The van der Waals surface area contributed by atoms with Gasteiger partial charge in [-0.3, -0.25) is 0 Å². The first-order valence-electron chi connectivity index (χ1n) is 5.80. The van der Waals surface area contributed by atoms with Crippen LogP contribution < -0.4 is 10.0 Å². The summed E-state index contributed by atoms with van der Waals surface area (Å²) < 4.78 is 26.7. The summed E-state index contributed by atoms with van der Waals surface area (Å²) in [7, 11) is -3.08. The van der Waals surface area contributed by atoms with Crippen LogP contribution in [0.2, 0.25) is 0 Å². The number of sulfonamides is 1. The second-order valence-corrected chi connectivity index (χ2v) is 6.90. The molecule has 0 bridgehead atoms. The van der Waals surface area contributed by atoms with E-state index in [1.165, 1.54) is 0 Å². The fourth-order valence-corrected chi connectivity index (χ4v) is 4.08. The lowest BCUT2D eigenvalue weighted by Crippen LogP contribution is -2.50. The highest BCUT2D eigenvalue weighted by molar-refractivity contribution is 7.90. The Labute approximate surface area is 91.9 Å². The number of nitrogens with one attached hydrogen (secondary N) is 2. The van der Waals surface area contributed by atoms with E-state index in [4.69, 9.17) is 0 Å². The van der Waals surface area contributed by atoms with Crippen LogP contribution in [-0.4, -0.2) is 32.8 Å². The molecule has 0 spiro atoms. The number of rotatable bonds is 3. The predicted octanol–water partition coefficient (Wildman–Crippen LogP) is 0.456. The SMILES string of the molecule is CC1CC(NS(=O)(=O)C2CCCNC2)C1. The Balaban J connectivity index is 1.88. The monoisotopic (exact) mass is 232 g/mol. The predicted molar refractivity (Wildman–Crippen MR) is 60.1 cm³/mol. The maximum Gasteiger partial charge on any atom is 0.215 e. The van der Waals surface area contributed by atoms with Crippen molar-refractivity contribution in [1.82, 2.24) is 10.0 Å². The summed E-state index contributed by atoms with van der Waals surface area (Å²) in [6, 6.07) is 0.201. The Morgan fingerprint density at radius 1 is 1.33 bits per heavy atom. The molecule has 5 heteroatoms. The van der Waals surface area contributed by atoms with E-state index in [0.29, 0.717) is 12.5 Å². The second-order valence-electron chi connectivity index (χ2n) is 4.90. The Morgan fingerprint density at radius 2 is 2.07 bits per heavy atom. The van der Waals surface area contributed by atoms with Gasteiger partial charge in [-0.1, -0.05) is 6.92 Å². The lowest BCUT2D eigenvalue weighted by molar-refractivity contribution is 0.269. The van der Waals surface area contributed by atoms with Crippen molar-refractivity contribution in [2.75, 3.05) is 13.1 Å². The summed E-state index contributed by atoms with van der Waals surface area (Å²) >= 11 is 0. The lowest BCUT2D eigenvalue weighted by Gasteiger charge is -2.34. The molecular formula is C10H20N2O2S. The minimum atomic E-state index is -3.08. The Hall–Kier alpha value is -0.130. The molecule has 1 unspecified atom stereocenters. The number of hydrogen-bond donors (Lipinski definition) is 2. The Morgan fingerprint density at radius 3 is 2.60 bits per heavy atom. The maximum absolute atomic E-state index is 11.9. The molecule has 0 aromatic heterocycles. The molecule has 88 valence electrons. The zero-order valence-corrected chi connectivity index (χ0v) is 10.0. The summed E-state index contributed by atoms with van der Waals surface area (Å²) in [5.74, 6) is 0.683. The average molecular weight is 232 g/mol.